The topological polar surface area (TPSA) is 59.9 Å². The largest absolute Gasteiger partial charge is 0.436 e. The van der Waals surface area contributed by atoms with Crippen LogP contribution in [-0.2, 0) is 6.54 Å². The van der Waals surface area contributed by atoms with Crippen LogP contribution in [0.5, 0.6) is 11.6 Å². The SMILES string of the molecule is CNCc1cncc(Oc2cncc(Br)c2)n1. The molecule has 0 saturated carbocycles. The van der Waals surface area contributed by atoms with E-state index in [0.717, 1.165) is 10.2 Å². The van der Waals surface area contributed by atoms with Gasteiger partial charge in [0.2, 0.25) is 5.88 Å². The second-order valence-corrected chi connectivity index (χ2v) is 4.24. The zero-order valence-corrected chi connectivity index (χ0v) is 10.8. The van der Waals surface area contributed by atoms with E-state index in [9.17, 15) is 0 Å². The van der Waals surface area contributed by atoms with Crippen LogP contribution in [0.4, 0.5) is 0 Å². The summed E-state index contributed by atoms with van der Waals surface area (Å²) in [4.78, 5) is 12.4. The van der Waals surface area contributed by atoms with E-state index in [1.807, 2.05) is 13.1 Å². The fourth-order valence-corrected chi connectivity index (χ4v) is 1.61. The maximum Gasteiger partial charge on any atom is 0.238 e. The molecule has 0 aromatic carbocycles. The summed E-state index contributed by atoms with van der Waals surface area (Å²) >= 11 is 3.33. The van der Waals surface area contributed by atoms with Gasteiger partial charge in [0.05, 0.1) is 18.1 Å². The van der Waals surface area contributed by atoms with Crippen LogP contribution in [0, 0.1) is 0 Å². The van der Waals surface area contributed by atoms with Gasteiger partial charge in [-0.05, 0) is 29.0 Å². The number of hydrogen-bond donors (Lipinski definition) is 1. The van der Waals surface area contributed by atoms with Crippen molar-refractivity contribution in [3.05, 3.63) is 41.0 Å². The summed E-state index contributed by atoms with van der Waals surface area (Å²) in [6, 6.07) is 1.82. The number of nitrogens with one attached hydrogen (secondary N) is 1. The van der Waals surface area contributed by atoms with Gasteiger partial charge in [-0.15, -0.1) is 0 Å². The van der Waals surface area contributed by atoms with Crippen molar-refractivity contribution in [3.63, 3.8) is 0 Å². The van der Waals surface area contributed by atoms with Crippen LogP contribution in [0.1, 0.15) is 5.69 Å². The van der Waals surface area contributed by atoms with Gasteiger partial charge in [0.25, 0.3) is 0 Å². The summed E-state index contributed by atoms with van der Waals surface area (Å²) in [5.74, 6) is 1.08. The van der Waals surface area contributed by atoms with Gasteiger partial charge in [0.15, 0.2) is 0 Å². The fraction of sp³-hybridized carbons (Fsp3) is 0.182. The van der Waals surface area contributed by atoms with Crippen molar-refractivity contribution in [2.75, 3.05) is 7.05 Å². The third-order valence-corrected chi connectivity index (χ3v) is 2.36. The van der Waals surface area contributed by atoms with Gasteiger partial charge in [-0.3, -0.25) is 9.97 Å². The summed E-state index contributed by atoms with van der Waals surface area (Å²) in [5.41, 5.74) is 0.827. The zero-order valence-electron chi connectivity index (χ0n) is 9.22. The summed E-state index contributed by atoms with van der Waals surface area (Å²) in [7, 11) is 1.85. The minimum absolute atomic E-state index is 0.456. The molecule has 0 saturated heterocycles. The smallest absolute Gasteiger partial charge is 0.238 e. The molecule has 6 heteroatoms. The van der Waals surface area contributed by atoms with Crippen molar-refractivity contribution in [1.82, 2.24) is 20.3 Å². The summed E-state index contributed by atoms with van der Waals surface area (Å²) < 4.78 is 6.41. The quantitative estimate of drug-likeness (QED) is 0.936. The number of aromatic nitrogens is 3. The summed E-state index contributed by atoms with van der Waals surface area (Å²) in [6.07, 6.45) is 6.58. The van der Waals surface area contributed by atoms with Crippen molar-refractivity contribution in [2.24, 2.45) is 0 Å². The molecule has 2 rings (SSSR count). The van der Waals surface area contributed by atoms with Crippen LogP contribution in [0.2, 0.25) is 0 Å². The number of hydrogen-bond acceptors (Lipinski definition) is 5. The standard InChI is InChI=1S/C11H11BrN4O/c1-13-4-9-5-15-7-11(16-9)17-10-2-8(12)3-14-6-10/h2-3,5-7,13H,4H2,1H3. The third-order valence-electron chi connectivity index (χ3n) is 1.92. The van der Waals surface area contributed by atoms with E-state index in [-0.39, 0.29) is 0 Å². The van der Waals surface area contributed by atoms with Crippen LogP contribution in [0.3, 0.4) is 0 Å². The van der Waals surface area contributed by atoms with Crippen LogP contribution in [0.25, 0.3) is 0 Å². The van der Waals surface area contributed by atoms with E-state index in [2.05, 4.69) is 36.2 Å². The van der Waals surface area contributed by atoms with Gasteiger partial charge in [-0.25, -0.2) is 4.98 Å². The van der Waals surface area contributed by atoms with Crippen molar-refractivity contribution in [2.45, 2.75) is 6.54 Å². The van der Waals surface area contributed by atoms with Crippen molar-refractivity contribution in [3.8, 4) is 11.6 Å². The molecular weight excluding hydrogens is 284 g/mol. The Bertz CT molecular complexity index is 506. The maximum atomic E-state index is 5.55. The molecule has 0 amide bonds. The molecule has 2 aromatic heterocycles. The van der Waals surface area contributed by atoms with Crippen molar-refractivity contribution >= 4 is 15.9 Å². The van der Waals surface area contributed by atoms with E-state index < -0.39 is 0 Å². The van der Waals surface area contributed by atoms with Crippen LogP contribution in [0.15, 0.2) is 35.3 Å². The van der Waals surface area contributed by atoms with Gasteiger partial charge in [-0.2, -0.15) is 0 Å². The Labute approximate surface area is 107 Å². The molecule has 0 atom stereocenters. The molecule has 0 aliphatic rings. The van der Waals surface area contributed by atoms with Gasteiger partial charge in [0, 0.05) is 23.4 Å². The Balaban J connectivity index is 2.15. The van der Waals surface area contributed by atoms with Gasteiger partial charge in [0.1, 0.15) is 5.75 Å². The Morgan fingerprint density at radius 2 is 2.06 bits per heavy atom. The highest BCUT2D eigenvalue weighted by Crippen LogP contribution is 2.21. The Hall–Kier alpha value is -1.53. The highest BCUT2D eigenvalue weighted by Gasteiger charge is 2.02. The van der Waals surface area contributed by atoms with E-state index in [1.54, 1.807) is 24.8 Å². The first-order valence-electron chi connectivity index (χ1n) is 5.02. The Kier molecular flexibility index (Phi) is 4.00. The lowest BCUT2D eigenvalue weighted by molar-refractivity contribution is 0.454. The lowest BCUT2D eigenvalue weighted by atomic mass is 10.4. The van der Waals surface area contributed by atoms with Gasteiger partial charge < -0.3 is 10.1 Å². The first kappa shape index (κ1) is 11.9. The Morgan fingerprint density at radius 1 is 1.24 bits per heavy atom. The lowest BCUT2D eigenvalue weighted by Gasteiger charge is -2.05. The van der Waals surface area contributed by atoms with E-state index in [1.165, 1.54) is 0 Å². The average molecular weight is 295 g/mol. The van der Waals surface area contributed by atoms with Crippen molar-refractivity contribution in [1.29, 1.82) is 0 Å². The second-order valence-electron chi connectivity index (χ2n) is 3.32. The zero-order chi connectivity index (χ0) is 12.1. The van der Waals surface area contributed by atoms with Crippen molar-refractivity contribution < 1.29 is 4.74 Å². The molecule has 5 nitrogen and oxygen atoms in total. The molecule has 0 aliphatic heterocycles. The highest BCUT2D eigenvalue weighted by molar-refractivity contribution is 9.10. The minimum atomic E-state index is 0.456. The molecule has 1 N–H and O–H groups in total. The molecule has 0 bridgehead atoms. The molecule has 0 aliphatic carbocycles. The molecule has 0 unspecified atom stereocenters. The van der Waals surface area contributed by atoms with Gasteiger partial charge in [-0.1, -0.05) is 0 Å². The number of halogens is 1. The highest BCUT2D eigenvalue weighted by atomic mass is 79.9. The van der Waals surface area contributed by atoms with E-state index in [0.29, 0.717) is 18.2 Å². The lowest BCUT2D eigenvalue weighted by Crippen LogP contribution is -2.07. The number of nitrogens with zero attached hydrogens (tertiary/aromatic N) is 3. The maximum absolute atomic E-state index is 5.55. The predicted octanol–water partition coefficient (Wildman–Crippen LogP) is 2.15. The first-order valence-corrected chi connectivity index (χ1v) is 5.81. The molecule has 0 radical (unpaired) electrons. The molecule has 17 heavy (non-hydrogen) atoms. The minimum Gasteiger partial charge on any atom is -0.436 e. The van der Waals surface area contributed by atoms with Crippen LogP contribution >= 0.6 is 15.9 Å². The fourth-order valence-electron chi connectivity index (χ4n) is 1.27. The summed E-state index contributed by atoms with van der Waals surface area (Å²) in [6.45, 7) is 0.654. The molecule has 88 valence electrons. The second kappa shape index (κ2) is 5.70. The van der Waals surface area contributed by atoms with Crippen LogP contribution < -0.4 is 10.1 Å². The third kappa shape index (κ3) is 3.47. The van der Waals surface area contributed by atoms with Crippen LogP contribution in [-0.4, -0.2) is 22.0 Å². The molecule has 0 fully saturated rings. The normalized spacial score (nSPS) is 10.2. The molecule has 2 heterocycles. The Morgan fingerprint density at radius 3 is 2.82 bits per heavy atom. The monoisotopic (exact) mass is 294 g/mol. The number of rotatable bonds is 4. The van der Waals surface area contributed by atoms with E-state index >= 15 is 0 Å². The molecular formula is C11H11BrN4O. The molecule has 0 spiro atoms. The predicted molar refractivity (Wildman–Crippen MR) is 66.8 cm³/mol. The van der Waals surface area contributed by atoms with E-state index in [4.69, 9.17) is 4.74 Å². The molecule has 2 aromatic rings. The average Bonchev–Trinajstić information content (AvgIpc) is 2.30. The number of ether oxygens (including phenoxy) is 1. The summed E-state index contributed by atoms with van der Waals surface area (Å²) in [5, 5.41) is 3.01. The first-order chi connectivity index (χ1) is 8.28. The number of pyridine rings is 1. The van der Waals surface area contributed by atoms with Gasteiger partial charge >= 0.3 is 0 Å².